The van der Waals surface area contributed by atoms with Gasteiger partial charge in [0.05, 0.1) is 38.3 Å². The molecule has 0 aliphatic rings. The number of hydrogen-bond acceptors (Lipinski definition) is 8. The van der Waals surface area contributed by atoms with Crippen molar-refractivity contribution in [1.82, 2.24) is 9.55 Å². The van der Waals surface area contributed by atoms with Crippen molar-refractivity contribution >= 4 is 44.9 Å². The molecule has 4 rings (SSSR count). The minimum absolute atomic E-state index is 0.0533. The standard InChI is InChI=1S/C23H21N3O5S2/c1-29-16-6-4-15(5-7-16)26-22(28)21-19(8-9-32-21)25-23(26)33-13-20(27)24-14-10-17(30-2)12-18(11-14)31-3/h4-12H,13H2,1-3H3,(H,24,27). The van der Waals surface area contributed by atoms with Crippen LogP contribution < -0.4 is 25.1 Å². The summed E-state index contributed by atoms with van der Waals surface area (Å²) in [5.41, 5.74) is 1.62. The van der Waals surface area contributed by atoms with Gasteiger partial charge in [-0.05, 0) is 35.7 Å². The fourth-order valence-corrected chi connectivity index (χ4v) is 4.73. The zero-order valence-electron chi connectivity index (χ0n) is 18.2. The highest BCUT2D eigenvalue weighted by Crippen LogP contribution is 2.27. The molecule has 2 aromatic carbocycles. The lowest BCUT2D eigenvalue weighted by Crippen LogP contribution is -2.22. The Kier molecular flexibility index (Phi) is 6.85. The predicted octanol–water partition coefficient (Wildman–Crippen LogP) is 4.20. The average molecular weight is 484 g/mol. The molecular formula is C23H21N3O5S2. The summed E-state index contributed by atoms with van der Waals surface area (Å²) in [6, 6.07) is 14.0. The third-order valence-corrected chi connectivity index (χ3v) is 6.58. The number of nitrogens with zero attached hydrogens (tertiary/aromatic N) is 2. The number of carbonyl (C=O) groups is 1. The number of carbonyl (C=O) groups excluding carboxylic acids is 1. The van der Waals surface area contributed by atoms with Crippen LogP contribution in [0.3, 0.4) is 0 Å². The fourth-order valence-electron chi connectivity index (χ4n) is 3.15. The molecule has 0 fully saturated rings. The first kappa shape index (κ1) is 22.7. The lowest BCUT2D eigenvalue weighted by Gasteiger charge is -2.13. The van der Waals surface area contributed by atoms with Gasteiger partial charge in [0.2, 0.25) is 5.91 Å². The lowest BCUT2D eigenvalue weighted by molar-refractivity contribution is -0.113. The molecule has 0 aliphatic carbocycles. The molecular weight excluding hydrogens is 462 g/mol. The van der Waals surface area contributed by atoms with Crippen molar-refractivity contribution in [3.8, 4) is 22.9 Å². The largest absolute Gasteiger partial charge is 0.497 e. The predicted molar refractivity (Wildman–Crippen MR) is 131 cm³/mol. The zero-order chi connectivity index (χ0) is 23.4. The van der Waals surface area contributed by atoms with E-state index in [1.54, 1.807) is 69.9 Å². The number of anilines is 1. The van der Waals surface area contributed by atoms with Gasteiger partial charge in [0.15, 0.2) is 5.16 Å². The van der Waals surface area contributed by atoms with Crippen LogP contribution in [0.15, 0.2) is 63.9 Å². The SMILES string of the molecule is COc1ccc(-n2c(SCC(=O)Nc3cc(OC)cc(OC)c3)nc3ccsc3c2=O)cc1. The van der Waals surface area contributed by atoms with E-state index in [0.717, 1.165) is 0 Å². The molecule has 2 aromatic heterocycles. The fraction of sp³-hybridized carbons (Fsp3) is 0.174. The lowest BCUT2D eigenvalue weighted by atomic mass is 10.2. The highest BCUT2D eigenvalue weighted by molar-refractivity contribution is 7.99. The van der Waals surface area contributed by atoms with Crippen LogP contribution in [0, 0.1) is 0 Å². The van der Waals surface area contributed by atoms with Gasteiger partial charge in [0.25, 0.3) is 5.56 Å². The van der Waals surface area contributed by atoms with Crippen molar-refractivity contribution in [1.29, 1.82) is 0 Å². The van der Waals surface area contributed by atoms with E-state index in [-0.39, 0.29) is 17.2 Å². The Balaban J connectivity index is 1.60. The quantitative estimate of drug-likeness (QED) is 0.297. The van der Waals surface area contributed by atoms with Crippen LogP contribution in [0.25, 0.3) is 15.9 Å². The number of nitrogens with one attached hydrogen (secondary N) is 1. The van der Waals surface area contributed by atoms with Crippen molar-refractivity contribution in [3.05, 3.63) is 64.3 Å². The molecule has 1 N–H and O–H groups in total. The number of methoxy groups -OCH3 is 3. The third-order valence-electron chi connectivity index (χ3n) is 4.75. The number of rotatable bonds is 8. The van der Waals surface area contributed by atoms with E-state index in [4.69, 9.17) is 14.2 Å². The highest BCUT2D eigenvalue weighted by Gasteiger charge is 2.16. The maximum Gasteiger partial charge on any atom is 0.276 e. The first-order valence-electron chi connectivity index (χ1n) is 9.83. The van der Waals surface area contributed by atoms with Gasteiger partial charge in [-0.25, -0.2) is 4.98 Å². The van der Waals surface area contributed by atoms with Crippen molar-refractivity contribution in [2.45, 2.75) is 5.16 Å². The first-order chi connectivity index (χ1) is 16.0. The Morgan fingerprint density at radius 3 is 2.30 bits per heavy atom. The summed E-state index contributed by atoms with van der Waals surface area (Å²) >= 11 is 2.52. The molecule has 0 atom stereocenters. The Bertz CT molecular complexity index is 1330. The van der Waals surface area contributed by atoms with Crippen molar-refractivity contribution in [3.63, 3.8) is 0 Å². The molecule has 2 heterocycles. The molecule has 0 aliphatic heterocycles. The summed E-state index contributed by atoms with van der Waals surface area (Å²) < 4.78 is 17.8. The second-order valence-electron chi connectivity index (χ2n) is 6.81. The summed E-state index contributed by atoms with van der Waals surface area (Å²) in [5.74, 6) is 1.61. The van der Waals surface area contributed by atoms with E-state index in [0.29, 0.717) is 44.0 Å². The summed E-state index contributed by atoms with van der Waals surface area (Å²) in [6.07, 6.45) is 0. The smallest absolute Gasteiger partial charge is 0.276 e. The topological polar surface area (TPSA) is 91.7 Å². The van der Waals surface area contributed by atoms with E-state index in [9.17, 15) is 9.59 Å². The van der Waals surface area contributed by atoms with Crippen LogP contribution in [0.1, 0.15) is 0 Å². The Morgan fingerprint density at radius 1 is 1.00 bits per heavy atom. The van der Waals surface area contributed by atoms with Crippen LogP contribution >= 0.6 is 23.1 Å². The monoisotopic (exact) mass is 483 g/mol. The van der Waals surface area contributed by atoms with Gasteiger partial charge in [0.1, 0.15) is 21.9 Å². The second kappa shape index (κ2) is 9.97. The van der Waals surface area contributed by atoms with Crippen molar-refractivity contribution in [2.75, 3.05) is 32.4 Å². The van der Waals surface area contributed by atoms with E-state index >= 15 is 0 Å². The minimum atomic E-state index is -0.253. The van der Waals surface area contributed by atoms with Crippen LogP contribution in [0.4, 0.5) is 5.69 Å². The maximum absolute atomic E-state index is 13.2. The van der Waals surface area contributed by atoms with Crippen LogP contribution in [0.5, 0.6) is 17.2 Å². The summed E-state index contributed by atoms with van der Waals surface area (Å²) in [4.78, 5) is 30.5. The molecule has 0 saturated heterocycles. The highest BCUT2D eigenvalue weighted by atomic mass is 32.2. The van der Waals surface area contributed by atoms with E-state index in [2.05, 4.69) is 10.3 Å². The van der Waals surface area contributed by atoms with Gasteiger partial charge in [-0.1, -0.05) is 11.8 Å². The Hall–Kier alpha value is -3.50. The van der Waals surface area contributed by atoms with Crippen molar-refractivity contribution in [2.24, 2.45) is 0 Å². The number of thiophene rings is 1. The molecule has 170 valence electrons. The van der Waals surface area contributed by atoms with Gasteiger partial charge >= 0.3 is 0 Å². The molecule has 0 bridgehead atoms. The maximum atomic E-state index is 13.2. The molecule has 0 saturated carbocycles. The van der Waals surface area contributed by atoms with E-state index in [1.165, 1.54) is 27.7 Å². The van der Waals surface area contributed by atoms with Gasteiger partial charge in [-0.2, -0.15) is 0 Å². The van der Waals surface area contributed by atoms with Crippen molar-refractivity contribution < 1.29 is 19.0 Å². The van der Waals surface area contributed by atoms with Crippen LogP contribution in [-0.2, 0) is 4.79 Å². The molecule has 0 unspecified atom stereocenters. The Labute approximate surface area is 198 Å². The molecule has 0 spiro atoms. The van der Waals surface area contributed by atoms with E-state index in [1.807, 2.05) is 5.38 Å². The Morgan fingerprint density at radius 2 is 1.67 bits per heavy atom. The third kappa shape index (κ3) is 4.96. The number of aromatic nitrogens is 2. The number of fused-ring (bicyclic) bond motifs is 1. The van der Waals surface area contributed by atoms with E-state index < -0.39 is 0 Å². The average Bonchev–Trinajstić information content (AvgIpc) is 3.31. The summed E-state index contributed by atoms with van der Waals surface area (Å²) in [7, 11) is 4.67. The van der Waals surface area contributed by atoms with Gasteiger partial charge in [-0.3, -0.25) is 14.2 Å². The molecule has 1 amide bonds. The minimum Gasteiger partial charge on any atom is -0.497 e. The molecule has 33 heavy (non-hydrogen) atoms. The molecule has 8 nitrogen and oxygen atoms in total. The molecule has 10 heteroatoms. The number of ether oxygens (including phenoxy) is 3. The molecule has 0 radical (unpaired) electrons. The first-order valence-corrected chi connectivity index (χ1v) is 11.7. The number of hydrogen-bond donors (Lipinski definition) is 1. The summed E-state index contributed by atoms with van der Waals surface area (Å²) in [5, 5.41) is 5.09. The van der Waals surface area contributed by atoms with Gasteiger partial charge in [-0.15, -0.1) is 11.3 Å². The second-order valence-corrected chi connectivity index (χ2v) is 8.66. The van der Waals surface area contributed by atoms with Gasteiger partial charge < -0.3 is 19.5 Å². The van der Waals surface area contributed by atoms with Crippen LogP contribution in [-0.4, -0.2) is 42.5 Å². The normalized spacial score (nSPS) is 10.8. The number of amides is 1. The van der Waals surface area contributed by atoms with Gasteiger partial charge in [0, 0.05) is 23.9 Å². The zero-order valence-corrected chi connectivity index (χ0v) is 19.8. The summed E-state index contributed by atoms with van der Waals surface area (Å²) in [6.45, 7) is 0. The number of thioether (sulfide) groups is 1. The van der Waals surface area contributed by atoms with Crippen LogP contribution in [0.2, 0.25) is 0 Å². The molecule has 4 aromatic rings. The number of benzene rings is 2.